The normalized spacial score (nSPS) is 25.2. The number of aliphatic hydroxyl groups is 1. The Morgan fingerprint density at radius 3 is 2.60 bits per heavy atom. The van der Waals surface area contributed by atoms with Gasteiger partial charge in [0.1, 0.15) is 0 Å². The van der Waals surface area contributed by atoms with Crippen LogP contribution in [-0.2, 0) is 4.74 Å². The van der Waals surface area contributed by atoms with Crippen LogP contribution in [0.25, 0.3) is 0 Å². The highest BCUT2D eigenvalue weighted by Crippen LogP contribution is 2.24. The molecule has 2 atom stereocenters. The zero-order chi connectivity index (χ0) is 11.3. The zero-order valence-corrected chi connectivity index (χ0v) is 8.59. The van der Waals surface area contributed by atoms with Gasteiger partial charge in [0.15, 0.2) is 0 Å². The molecular weight excluding hydrogens is 209 g/mol. The summed E-state index contributed by atoms with van der Waals surface area (Å²) < 4.78 is 40.9. The summed E-state index contributed by atoms with van der Waals surface area (Å²) >= 11 is 0. The molecule has 0 spiro atoms. The second-order valence-electron chi connectivity index (χ2n) is 4.03. The highest BCUT2D eigenvalue weighted by Gasteiger charge is 2.28. The molecular formula is C10H17F3O2. The van der Waals surface area contributed by atoms with E-state index >= 15 is 0 Å². The predicted molar refractivity (Wildman–Crippen MR) is 49.5 cm³/mol. The monoisotopic (exact) mass is 226 g/mol. The molecule has 15 heavy (non-hydrogen) atoms. The Balaban J connectivity index is 2.14. The molecule has 0 amide bonds. The van der Waals surface area contributed by atoms with Crippen molar-refractivity contribution in [1.29, 1.82) is 0 Å². The second-order valence-corrected chi connectivity index (χ2v) is 4.03. The van der Waals surface area contributed by atoms with Gasteiger partial charge in [-0.2, -0.15) is 13.2 Å². The minimum Gasteiger partial charge on any atom is -0.393 e. The lowest BCUT2D eigenvalue weighted by Gasteiger charge is -2.24. The van der Waals surface area contributed by atoms with Crippen LogP contribution in [0.4, 0.5) is 13.2 Å². The van der Waals surface area contributed by atoms with Crippen LogP contribution in [0.2, 0.25) is 0 Å². The fraction of sp³-hybridized carbons (Fsp3) is 1.00. The van der Waals surface area contributed by atoms with E-state index in [-0.39, 0.29) is 12.5 Å². The lowest BCUT2D eigenvalue weighted by Crippen LogP contribution is -2.25. The smallest absolute Gasteiger partial charge is 0.389 e. The van der Waals surface area contributed by atoms with Gasteiger partial charge in [-0.15, -0.1) is 0 Å². The van der Waals surface area contributed by atoms with Crippen LogP contribution in [0.5, 0.6) is 0 Å². The molecule has 1 fully saturated rings. The maximum atomic E-state index is 11.9. The highest BCUT2D eigenvalue weighted by molar-refractivity contribution is 4.69. The molecule has 1 heterocycles. The van der Waals surface area contributed by atoms with Gasteiger partial charge in [0.25, 0.3) is 0 Å². The first-order valence-electron chi connectivity index (χ1n) is 5.34. The molecule has 1 saturated heterocycles. The molecule has 0 aromatic heterocycles. The molecule has 5 heteroatoms. The second kappa shape index (κ2) is 5.70. The van der Waals surface area contributed by atoms with Gasteiger partial charge in [-0.3, -0.25) is 0 Å². The Hall–Kier alpha value is -0.290. The average Bonchev–Trinajstić information content (AvgIpc) is 2.15. The molecule has 1 aliphatic heterocycles. The number of halogens is 3. The van der Waals surface area contributed by atoms with Gasteiger partial charge in [0.05, 0.1) is 12.2 Å². The lowest BCUT2D eigenvalue weighted by atomic mass is 10.0. The SMILES string of the molecule is OC(CCC(F)(F)F)CC1CCCCO1. The first-order valence-corrected chi connectivity index (χ1v) is 5.34. The number of hydrogen-bond acceptors (Lipinski definition) is 2. The Bertz CT molecular complexity index is 176. The third-order valence-electron chi connectivity index (χ3n) is 2.57. The van der Waals surface area contributed by atoms with Crippen LogP contribution in [0.1, 0.15) is 38.5 Å². The van der Waals surface area contributed by atoms with Crippen molar-refractivity contribution in [3.05, 3.63) is 0 Å². The third-order valence-corrected chi connectivity index (χ3v) is 2.57. The summed E-state index contributed by atoms with van der Waals surface area (Å²) in [5.41, 5.74) is 0. The van der Waals surface area contributed by atoms with E-state index in [4.69, 9.17) is 4.74 Å². The lowest BCUT2D eigenvalue weighted by molar-refractivity contribution is -0.141. The molecule has 0 aromatic rings. The van der Waals surface area contributed by atoms with Crippen LogP contribution in [0.3, 0.4) is 0 Å². The van der Waals surface area contributed by atoms with E-state index in [1.54, 1.807) is 0 Å². The number of alkyl halides is 3. The van der Waals surface area contributed by atoms with Gasteiger partial charge >= 0.3 is 6.18 Å². The molecule has 1 rings (SSSR count). The van der Waals surface area contributed by atoms with Crippen molar-refractivity contribution >= 4 is 0 Å². The summed E-state index contributed by atoms with van der Waals surface area (Å²) in [5, 5.41) is 9.38. The Morgan fingerprint density at radius 1 is 1.33 bits per heavy atom. The van der Waals surface area contributed by atoms with Gasteiger partial charge in [0, 0.05) is 13.0 Å². The summed E-state index contributed by atoms with van der Waals surface area (Å²) in [7, 11) is 0. The van der Waals surface area contributed by atoms with Gasteiger partial charge in [0.2, 0.25) is 0 Å². The molecule has 1 aliphatic rings. The molecule has 0 aliphatic carbocycles. The maximum absolute atomic E-state index is 11.9. The standard InChI is InChI=1S/C10H17F3O2/c11-10(12,13)5-4-8(14)7-9-3-1-2-6-15-9/h8-9,14H,1-7H2. The van der Waals surface area contributed by atoms with Crippen LogP contribution >= 0.6 is 0 Å². The topological polar surface area (TPSA) is 29.5 Å². The molecule has 0 radical (unpaired) electrons. The predicted octanol–water partition coefficient (Wildman–Crippen LogP) is 2.65. The fourth-order valence-electron chi connectivity index (χ4n) is 1.74. The van der Waals surface area contributed by atoms with Gasteiger partial charge in [-0.1, -0.05) is 0 Å². The molecule has 90 valence electrons. The average molecular weight is 226 g/mol. The van der Waals surface area contributed by atoms with E-state index in [2.05, 4.69) is 0 Å². The minimum atomic E-state index is -4.17. The molecule has 0 saturated carbocycles. The van der Waals surface area contributed by atoms with Crippen LogP contribution in [0.15, 0.2) is 0 Å². The van der Waals surface area contributed by atoms with Gasteiger partial charge in [-0.25, -0.2) is 0 Å². The van der Waals surface area contributed by atoms with E-state index in [0.717, 1.165) is 19.3 Å². The van der Waals surface area contributed by atoms with Crippen molar-refractivity contribution in [2.45, 2.75) is 56.9 Å². The van der Waals surface area contributed by atoms with Gasteiger partial charge in [-0.05, 0) is 32.1 Å². The van der Waals surface area contributed by atoms with E-state index in [1.165, 1.54) is 0 Å². The van der Waals surface area contributed by atoms with E-state index < -0.39 is 18.7 Å². The van der Waals surface area contributed by atoms with Gasteiger partial charge < -0.3 is 9.84 Å². The Kier molecular flexibility index (Phi) is 4.86. The molecule has 0 bridgehead atoms. The fourth-order valence-corrected chi connectivity index (χ4v) is 1.74. The Morgan fingerprint density at radius 2 is 2.07 bits per heavy atom. The summed E-state index contributed by atoms with van der Waals surface area (Å²) in [6.07, 6.45) is -3.03. The van der Waals surface area contributed by atoms with E-state index in [0.29, 0.717) is 13.0 Å². The summed E-state index contributed by atoms with van der Waals surface area (Å²) in [4.78, 5) is 0. The third kappa shape index (κ3) is 5.99. The number of aliphatic hydroxyl groups excluding tert-OH is 1. The Labute approximate surface area is 87.4 Å². The highest BCUT2D eigenvalue weighted by atomic mass is 19.4. The van der Waals surface area contributed by atoms with Crippen molar-refractivity contribution in [3.63, 3.8) is 0 Å². The molecule has 0 aromatic carbocycles. The zero-order valence-electron chi connectivity index (χ0n) is 8.59. The van der Waals surface area contributed by atoms with Crippen LogP contribution in [0, 0.1) is 0 Å². The summed E-state index contributed by atoms with van der Waals surface area (Å²) in [6, 6.07) is 0. The molecule has 2 unspecified atom stereocenters. The number of ether oxygens (including phenoxy) is 1. The first-order chi connectivity index (χ1) is 6.97. The van der Waals surface area contributed by atoms with Crippen molar-refractivity contribution in [2.75, 3.05) is 6.61 Å². The van der Waals surface area contributed by atoms with E-state index in [9.17, 15) is 18.3 Å². The number of rotatable bonds is 4. The first kappa shape index (κ1) is 12.8. The number of hydrogen-bond donors (Lipinski definition) is 1. The van der Waals surface area contributed by atoms with Crippen LogP contribution in [-0.4, -0.2) is 30.1 Å². The van der Waals surface area contributed by atoms with Crippen molar-refractivity contribution in [1.82, 2.24) is 0 Å². The largest absolute Gasteiger partial charge is 0.393 e. The van der Waals surface area contributed by atoms with Crippen LogP contribution < -0.4 is 0 Å². The summed E-state index contributed by atoms with van der Waals surface area (Å²) in [6.45, 7) is 0.663. The maximum Gasteiger partial charge on any atom is 0.389 e. The van der Waals surface area contributed by atoms with Crippen molar-refractivity contribution in [3.8, 4) is 0 Å². The quantitative estimate of drug-likeness (QED) is 0.798. The molecule has 2 nitrogen and oxygen atoms in total. The molecule has 1 N–H and O–H groups in total. The van der Waals surface area contributed by atoms with E-state index in [1.807, 2.05) is 0 Å². The summed E-state index contributed by atoms with van der Waals surface area (Å²) in [5.74, 6) is 0. The van der Waals surface area contributed by atoms with Crippen molar-refractivity contribution < 1.29 is 23.0 Å². The van der Waals surface area contributed by atoms with Crippen molar-refractivity contribution in [2.24, 2.45) is 0 Å². The minimum absolute atomic E-state index is 0.0537.